The van der Waals surface area contributed by atoms with Gasteiger partial charge in [-0.1, -0.05) is 0 Å². The van der Waals surface area contributed by atoms with Gasteiger partial charge in [0, 0.05) is 41.5 Å². The van der Waals surface area contributed by atoms with Crippen molar-refractivity contribution in [3.05, 3.63) is 73.1 Å². The second kappa shape index (κ2) is 10.6. The third kappa shape index (κ3) is 4.98. The first-order valence-electron chi connectivity index (χ1n) is 13.6. The van der Waals surface area contributed by atoms with E-state index in [-0.39, 0.29) is 5.82 Å². The number of aromatic nitrogens is 6. The number of aromatic amines is 2. The number of nitrogens with zero attached hydrogens (tertiary/aromatic N) is 5. The fourth-order valence-electron chi connectivity index (χ4n) is 5.43. The Morgan fingerprint density at radius 3 is 2.63 bits per heavy atom. The Morgan fingerprint density at radius 1 is 0.902 bits per heavy atom. The van der Waals surface area contributed by atoms with Crippen LogP contribution in [0.2, 0.25) is 0 Å². The van der Waals surface area contributed by atoms with Gasteiger partial charge in [-0.15, -0.1) is 0 Å². The van der Waals surface area contributed by atoms with E-state index < -0.39 is 0 Å². The van der Waals surface area contributed by atoms with Crippen molar-refractivity contribution in [2.75, 3.05) is 33.4 Å². The topological polar surface area (TPSA) is 105 Å². The summed E-state index contributed by atoms with van der Waals surface area (Å²) in [7, 11) is 1.52. The van der Waals surface area contributed by atoms with Crippen LogP contribution < -0.4 is 9.47 Å². The molecule has 1 aromatic carbocycles. The van der Waals surface area contributed by atoms with Crippen LogP contribution >= 0.6 is 0 Å². The fraction of sp³-hybridized carbons (Fsp3) is 0.226. The molecule has 1 fully saturated rings. The number of methoxy groups -OCH3 is 1. The normalized spacial score (nSPS) is 13.8. The van der Waals surface area contributed by atoms with E-state index in [1.165, 1.54) is 32.1 Å². The first-order valence-corrected chi connectivity index (χ1v) is 13.6. The highest BCUT2D eigenvalue weighted by atomic mass is 19.1. The van der Waals surface area contributed by atoms with Crippen molar-refractivity contribution >= 4 is 21.9 Å². The highest BCUT2D eigenvalue weighted by molar-refractivity contribution is 6.00. The summed E-state index contributed by atoms with van der Waals surface area (Å²) >= 11 is 0. The number of pyridine rings is 3. The number of ether oxygens (including phenoxy) is 2. The van der Waals surface area contributed by atoms with Crippen LogP contribution in [-0.4, -0.2) is 68.4 Å². The standard InChI is InChI=1S/C31H28FN7O2/c1-40-22-11-19(10-21(32)13-22)25-17-34-18-29-24(25)14-28(35-29)31-30-27(37-38-31)5-4-26(36-30)20-12-23(16-33-15-20)41-9-8-39-6-2-3-7-39/h4-5,10-18,35H,2-3,6-9H2,1H3,(H,37,38). The van der Waals surface area contributed by atoms with E-state index >= 15 is 0 Å². The summed E-state index contributed by atoms with van der Waals surface area (Å²) in [6, 6.07) is 12.5. The molecule has 6 aromatic rings. The van der Waals surface area contributed by atoms with Crippen LogP contribution in [0.15, 0.2) is 67.3 Å². The molecular weight excluding hydrogens is 521 g/mol. The Kier molecular flexibility index (Phi) is 6.52. The molecule has 7 rings (SSSR count). The summed E-state index contributed by atoms with van der Waals surface area (Å²) in [4.78, 5) is 19.6. The first-order chi connectivity index (χ1) is 20.1. The summed E-state index contributed by atoms with van der Waals surface area (Å²) < 4.78 is 25.6. The van der Waals surface area contributed by atoms with Crippen molar-refractivity contribution < 1.29 is 13.9 Å². The lowest BCUT2D eigenvalue weighted by molar-refractivity contribution is 0.237. The molecule has 1 saturated heterocycles. The zero-order valence-corrected chi connectivity index (χ0v) is 22.5. The van der Waals surface area contributed by atoms with Gasteiger partial charge < -0.3 is 14.5 Å². The van der Waals surface area contributed by atoms with Gasteiger partial charge in [0.2, 0.25) is 0 Å². The fourth-order valence-corrected chi connectivity index (χ4v) is 5.43. The quantitative estimate of drug-likeness (QED) is 0.245. The monoisotopic (exact) mass is 549 g/mol. The summed E-state index contributed by atoms with van der Waals surface area (Å²) in [5.41, 5.74) is 6.85. The maximum absolute atomic E-state index is 14.3. The molecule has 41 heavy (non-hydrogen) atoms. The number of halogens is 1. The van der Waals surface area contributed by atoms with Gasteiger partial charge in [-0.05, 0) is 67.9 Å². The van der Waals surface area contributed by atoms with Gasteiger partial charge in [0.1, 0.15) is 35.1 Å². The van der Waals surface area contributed by atoms with Crippen LogP contribution in [-0.2, 0) is 0 Å². The van der Waals surface area contributed by atoms with E-state index in [1.807, 2.05) is 24.3 Å². The summed E-state index contributed by atoms with van der Waals surface area (Å²) in [5.74, 6) is 0.789. The molecule has 0 radical (unpaired) electrons. The predicted octanol–water partition coefficient (Wildman–Crippen LogP) is 5.85. The Hall–Kier alpha value is -4.83. The largest absolute Gasteiger partial charge is 0.497 e. The maximum Gasteiger partial charge on any atom is 0.138 e. The molecule has 0 spiro atoms. The third-order valence-electron chi connectivity index (χ3n) is 7.51. The van der Waals surface area contributed by atoms with Gasteiger partial charge >= 0.3 is 0 Å². The predicted molar refractivity (Wildman–Crippen MR) is 155 cm³/mol. The molecule has 0 amide bonds. The van der Waals surface area contributed by atoms with Crippen molar-refractivity contribution in [3.63, 3.8) is 0 Å². The van der Waals surface area contributed by atoms with Crippen molar-refractivity contribution in [2.24, 2.45) is 0 Å². The van der Waals surface area contributed by atoms with Gasteiger partial charge in [0.25, 0.3) is 0 Å². The number of benzene rings is 1. The second-order valence-corrected chi connectivity index (χ2v) is 10.2. The summed E-state index contributed by atoms with van der Waals surface area (Å²) in [5, 5.41) is 8.54. The smallest absolute Gasteiger partial charge is 0.138 e. The number of hydrogen-bond donors (Lipinski definition) is 2. The number of likely N-dealkylation sites (tertiary alicyclic amines) is 1. The lowest BCUT2D eigenvalue weighted by atomic mass is 10.0. The van der Waals surface area contributed by atoms with Gasteiger partial charge in [-0.25, -0.2) is 9.37 Å². The summed E-state index contributed by atoms with van der Waals surface area (Å²) in [6.07, 6.45) is 9.52. The van der Waals surface area contributed by atoms with Crippen LogP contribution in [0.4, 0.5) is 4.39 Å². The highest BCUT2D eigenvalue weighted by Gasteiger charge is 2.17. The molecule has 5 aromatic heterocycles. The minimum absolute atomic E-state index is 0.377. The van der Waals surface area contributed by atoms with Crippen molar-refractivity contribution in [1.29, 1.82) is 0 Å². The first kappa shape index (κ1) is 25.2. The minimum Gasteiger partial charge on any atom is -0.497 e. The Labute approximate surface area is 235 Å². The molecule has 10 heteroatoms. The van der Waals surface area contributed by atoms with Crippen LogP contribution in [0, 0.1) is 5.82 Å². The van der Waals surface area contributed by atoms with Crippen molar-refractivity contribution in [3.8, 4) is 45.3 Å². The lowest BCUT2D eigenvalue weighted by Crippen LogP contribution is -2.25. The van der Waals surface area contributed by atoms with Crippen molar-refractivity contribution in [1.82, 2.24) is 35.0 Å². The molecule has 2 N–H and O–H groups in total. The van der Waals surface area contributed by atoms with Crippen LogP contribution in [0.25, 0.3) is 55.7 Å². The maximum atomic E-state index is 14.3. The number of rotatable bonds is 8. The van der Waals surface area contributed by atoms with E-state index in [0.717, 1.165) is 69.8 Å². The molecule has 1 aliphatic heterocycles. The zero-order valence-electron chi connectivity index (χ0n) is 22.5. The number of H-pyrrole nitrogens is 2. The van der Waals surface area contributed by atoms with Gasteiger partial charge in [-0.3, -0.25) is 20.0 Å². The average Bonchev–Trinajstić information content (AvgIpc) is 3.76. The average molecular weight is 550 g/mol. The lowest BCUT2D eigenvalue weighted by Gasteiger charge is -2.15. The zero-order chi connectivity index (χ0) is 27.8. The SMILES string of the molecule is COc1cc(F)cc(-c2cncc3[nH]c(-c4n[nH]c5ccc(-c6cncc(OCCN7CCCC7)c6)nc45)cc23)c1. The highest BCUT2D eigenvalue weighted by Crippen LogP contribution is 2.35. The van der Waals surface area contributed by atoms with Gasteiger partial charge in [0.05, 0.1) is 41.9 Å². The molecule has 0 saturated carbocycles. The molecule has 0 atom stereocenters. The molecule has 0 aliphatic carbocycles. The molecule has 0 bridgehead atoms. The van der Waals surface area contributed by atoms with E-state index in [1.54, 1.807) is 30.9 Å². The molecule has 206 valence electrons. The summed E-state index contributed by atoms with van der Waals surface area (Å²) in [6.45, 7) is 3.84. The van der Waals surface area contributed by atoms with Crippen molar-refractivity contribution in [2.45, 2.75) is 12.8 Å². The van der Waals surface area contributed by atoms with E-state index in [2.05, 4.69) is 30.0 Å². The van der Waals surface area contributed by atoms with Gasteiger partial charge in [-0.2, -0.15) is 5.10 Å². The minimum atomic E-state index is -0.377. The number of fused-ring (bicyclic) bond motifs is 2. The van der Waals surface area contributed by atoms with E-state index in [4.69, 9.17) is 14.5 Å². The van der Waals surface area contributed by atoms with Crippen LogP contribution in [0.3, 0.4) is 0 Å². The van der Waals surface area contributed by atoms with Crippen LogP contribution in [0.5, 0.6) is 11.5 Å². The molecule has 1 aliphatic rings. The van der Waals surface area contributed by atoms with Gasteiger partial charge in [0.15, 0.2) is 0 Å². The Balaban J connectivity index is 1.21. The molecular formula is C31H28FN7O2. The Bertz CT molecular complexity index is 1860. The number of hydrogen-bond acceptors (Lipinski definition) is 7. The second-order valence-electron chi connectivity index (χ2n) is 10.2. The molecule has 9 nitrogen and oxygen atoms in total. The molecule has 0 unspecified atom stereocenters. The number of nitrogens with one attached hydrogen (secondary N) is 2. The Morgan fingerprint density at radius 2 is 1.76 bits per heavy atom. The van der Waals surface area contributed by atoms with E-state index in [9.17, 15) is 4.39 Å². The van der Waals surface area contributed by atoms with E-state index in [0.29, 0.717) is 23.6 Å². The third-order valence-corrected chi connectivity index (χ3v) is 7.51. The van der Waals surface area contributed by atoms with Crippen LogP contribution in [0.1, 0.15) is 12.8 Å². The molecule has 6 heterocycles.